The molecule has 3 heteroatoms. The van der Waals surface area contributed by atoms with Gasteiger partial charge in [0.1, 0.15) is 24.7 Å². The molecule has 0 aliphatic carbocycles. The molecule has 134 valence electrons. The van der Waals surface area contributed by atoms with Gasteiger partial charge in [0.25, 0.3) is 0 Å². The first-order valence-corrected chi connectivity index (χ1v) is 8.91. The number of aryl methyl sites for hydroxylation is 2. The molecule has 0 unspecified atom stereocenters. The van der Waals surface area contributed by atoms with Crippen molar-refractivity contribution < 1.29 is 9.47 Å². The van der Waals surface area contributed by atoms with Gasteiger partial charge in [0.15, 0.2) is 0 Å². The Kier molecular flexibility index (Phi) is 6.15. The van der Waals surface area contributed by atoms with Crippen LogP contribution in [-0.2, 0) is 6.54 Å². The molecule has 0 radical (unpaired) electrons. The third-order valence-electron chi connectivity index (χ3n) is 4.29. The molecule has 26 heavy (non-hydrogen) atoms. The van der Waals surface area contributed by atoms with E-state index in [9.17, 15) is 0 Å². The normalized spacial score (nSPS) is 10.4. The average molecular weight is 347 g/mol. The number of ether oxygens (including phenoxy) is 2. The molecular weight excluding hydrogens is 322 g/mol. The standard InChI is InChI=1S/C23H25NO2/c1-18-8-11-21(16-19(18)2)24-17-20-9-12-23(13-10-20)26-15-14-25-22-6-4-3-5-7-22/h3-13,16,24H,14-15,17H2,1-2H3. The van der Waals surface area contributed by atoms with Crippen molar-refractivity contribution >= 4 is 5.69 Å². The molecule has 0 spiro atoms. The minimum atomic E-state index is 0.523. The predicted molar refractivity (Wildman–Crippen MR) is 107 cm³/mol. The molecule has 1 N–H and O–H groups in total. The van der Waals surface area contributed by atoms with Gasteiger partial charge in [0.05, 0.1) is 0 Å². The largest absolute Gasteiger partial charge is 0.490 e. The molecule has 0 aliphatic rings. The smallest absolute Gasteiger partial charge is 0.122 e. The van der Waals surface area contributed by atoms with Crippen molar-refractivity contribution in [3.63, 3.8) is 0 Å². The maximum Gasteiger partial charge on any atom is 0.122 e. The number of rotatable bonds is 8. The first-order chi connectivity index (χ1) is 12.7. The maximum absolute atomic E-state index is 5.73. The second-order valence-corrected chi connectivity index (χ2v) is 6.31. The average Bonchev–Trinajstić information content (AvgIpc) is 2.68. The summed E-state index contributed by atoms with van der Waals surface area (Å²) in [5.41, 5.74) is 4.98. The second-order valence-electron chi connectivity index (χ2n) is 6.31. The molecule has 0 heterocycles. The van der Waals surface area contributed by atoms with E-state index in [1.54, 1.807) is 0 Å². The third-order valence-corrected chi connectivity index (χ3v) is 4.29. The van der Waals surface area contributed by atoms with Crippen LogP contribution < -0.4 is 14.8 Å². The quantitative estimate of drug-likeness (QED) is 0.555. The lowest BCUT2D eigenvalue weighted by molar-refractivity contribution is 0.217. The Morgan fingerprint density at radius 3 is 2.00 bits per heavy atom. The highest BCUT2D eigenvalue weighted by molar-refractivity contribution is 5.48. The highest BCUT2D eigenvalue weighted by Gasteiger charge is 1.99. The van der Waals surface area contributed by atoms with E-state index in [1.807, 2.05) is 42.5 Å². The van der Waals surface area contributed by atoms with Gasteiger partial charge in [-0.3, -0.25) is 0 Å². The molecule has 0 saturated heterocycles. The molecule has 0 bridgehead atoms. The molecule has 3 aromatic rings. The van der Waals surface area contributed by atoms with Gasteiger partial charge in [-0.25, -0.2) is 0 Å². The van der Waals surface area contributed by atoms with Crippen LogP contribution in [0.2, 0.25) is 0 Å². The van der Waals surface area contributed by atoms with Gasteiger partial charge in [-0.1, -0.05) is 36.4 Å². The number of hydrogen-bond donors (Lipinski definition) is 1. The van der Waals surface area contributed by atoms with Crippen LogP contribution in [0.3, 0.4) is 0 Å². The Hall–Kier alpha value is -2.94. The van der Waals surface area contributed by atoms with E-state index in [-0.39, 0.29) is 0 Å². The fraction of sp³-hybridized carbons (Fsp3) is 0.217. The molecule has 0 saturated carbocycles. The molecular formula is C23H25NO2. The third kappa shape index (κ3) is 5.28. The first kappa shape index (κ1) is 17.9. The summed E-state index contributed by atoms with van der Waals surface area (Å²) in [6.45, 7) is 6.10. The summed E-state index contributed by atoms with van der Waals surface area (Å²) in [6.07, 6.45) is 0. The summed E-state index contributed by atoms with van der Waals surface area (Å²) >= 11 is 0. The molecule has 0 aromatic heterocycles. The van der Waals surface area contributed by atoms with Gasteiger partial charge in [-0.05, 0) is 66.9 Å². The van der Waals surface area contributed by atoms with Crippen molar-refractivity contribution in [3.05, 3.63) is 89.5 Å². The minimum Gasteiger partial charge on any atom is -0.490 e. The van der Waals surface area contributed by atoms with Crippen molar-refractivity contribution in [2.24, 2.45) is 0 Å². The van der Waals surface area contributed by atoms with Crippen LogP contribution in [0.25, 0.3) is 0 Å². The number of nitrogens with one attached hydrogen (secondary N) is 1. The highest BCUT2D eigenvalue weighted by atomic mass is 16.5. The topological polar surface area (TPSA) is 30.5 Å². The zero-order chi connectivity index (χ0) is 18.2. The van der Waals surface area contributed by atoms with Gasteiger partial charge < -0.3 is 14.8 Å². The molecule has 3 rings (SSSR count). The zero-order valence-electron chi connectivity index (χ0n) is 15.4. The van der Waals surface area contributed by atoms with E-state index in [2.05, 4.69) is 49.5 Å². The number of para-hydroxylation sites is 1. The van der Waals surface area contributed by atoms with Gasteiger partial charge in [0.2, 0.25) is 0 Å². The summed E-state index contributed by atoms with van der Waals surface area (Å²) < 4.78 is 11.4. The lowest BCUT2D eigenvalue weighted by Crippen LogP contribution is -2.09. The van der Waals surface area contributed by atoms with E-state index in [0.29, 0.717) is 13.2 Å². The lowest BCUT2D eigenvalue weighted by atomic mass is 10.1. The van der Waals surface area contributed by atoms with E-state index >= 15 is 0 Å². The fourth-order valence-electron chi connectivity index (χ4n) is 2.59. The van der Waals surface area contributed by atoms with Crippen LogP contribution in [0.5, 0.6) is 11.5 Å². The van der Waals surface area contributed by atoms with Gasteiger partial charge in [0, 0.05) is 12.2 Å². The van der Waals surface area contributed by atoms with E-state index in [1.165, 1.54) is 16.7 Å². The summed E-state index contributed by atoms with van der Waals surface area (Å²) in [5.74, 6) is 1.72. The Morgan fingerprint density at radius 2 is 1.35 bits per heavy atom. The molecule has 3 nitrogen and oxygen atoms in total. The van der Waals surface area contributed by atoms with E-state index in [4.69, 9.17) is 9.47 Å². The Balaban J connectivity index is 1.42. The van der Waals surface area contributed by atoms with Crippen LogP contribution >= 0.6 is 0 Å². The van der Waals surface area contributed by atoms with Crippen LogP contribution in [0.4, 0.5) is 5.69 Å². The van der Waals surface area contributed by atoms with Crippen molar-refractivity contribution in [2.75, 3.05) is 18.5 Å². The summed E-state index contributed by atoms with van der Waals surface area (Å²) in [6, 6.07) is 24.4. The lowest BCUT2D eigenvalue weighted by Gasteiger charge is -2.10. The second kappa shape index (κ2) is 8.95. The van der Waals surface area contributed by atoms with Crippen LogP contribution in [0.15, 0.2) is 72.8 Å². The molecule has 0 amide bonds. The Bertz CT molecular complexity index is 813. The Labute approximate surface area is 155 Å². The molecule has 0 fully saturated rings. The summed E-state index contributed by atoms with van der Waals surface area (Å²) in [5, 5.41) is 3.46. The van der Waals surface area contributed by atoms with Gasteiger partial charge in [-0.2, -0.15) is 0 Å². The zero-order valence-corrected chi connectivity index (χ0v) is 15.4. The minimum absolute atomic E-state index is 0.523. The Morgan fingerprint density at radius 1 is 0.692 bits per heavy atom. The SMILES string of the molecule is Cc1ccc(NCc2ccc(OCCOc3ccccc3)cc2)cc1C. The van der Waals surface area contributed by atoms with Crippen molar-refractivity contribution in [1.29, 1.82) is 0 Å². The van der Waals surface area contributed by atoms with Crippen molar-refractivity contribution in [1.82, 2.24) is 0 Å². The van der Waals surface area contributed by atoms with Crippen LogP contribution in [-0.4, -0.2) is 13.2 Å². The number of anilines is 1. The first-order valence-electron chi connectivity index (χ1n) is 8.91. The molecule has 0 atom stereocenters. The predicted octanol–water partition coefficient (Wildman–Crippen LogP) is 5.37. The fourth-order valence-corrected chi connectivity index (χ4v) is 2.59. The van der Waals surface area contributed by atoms with E-state index in [0.717, 1.165) is 23.7 Å². The summed E-state index contributed by atoms with van der Waals surface area (Å²) in [7, 11) is 0. The van der Waals surface area contributed by atoms with Gasteiger partial charge in [-0.15, -0.1) is 0 Å². The maximum atomic E-state index is 5.73. The van der Waals surface area contributed by atoms with Crippen molar-refractivity contribution in [3.8, 4) is 11.5 Å². The van der Waals surface area contributed by atoms with Crippen LogP contribution in [0, 0.1) is 13.8 Å². The molecule has 0 aliphatic heterocycles. The number of hydrogen-bond acceptors (Lipinski definition) is 3. The number of benzene rings is 3. The molecule has 3 aromatic carbocycles. The summed E-state index contributed by atoms with van der Waals surface area (Å²) in [4.78, 5) is 0. The van der Waals surface area contributed by atoms with Crippen LogP contribution in [0.1, 0.15) is 16.7 Å². The van der Waals surface area contributed by atoms with E-state index < -0.39 is 0 Å². The monoisotopic (exact) mass is 347 g/mol. The van der Waals surface area contributed by atoms with Gasteiger partial charge >= 0.3 is 0 Å². The highest BCUT2D eigenvalue weighted by Crippen LogP contribution is 2.17. The van der Waals surface area contributed by atoms with Crippen molar-refractivity contribution in [2.45, 2.75) is 20.4 Å².